The highest BCUT2D eigenvalue weighted by molar-refractivity contribution is 5.81. The predicted octanol–water partition coefficient (Wildman–Crippen LogP) is 1.06. The molecule has 2 fully saturated rings. The zero-order valence-corrected chi connectivity index (χ0v) is 13.0. The molecule has 3 unspecified atom stereocenters. The Kier molecular flexibility index (Phi) is 4.61. The van der Waals surface area contributed by atoms with Crippen LogP contribution in [0, 0.1) is 5.92 Å². The molecule has 2 aliphatic rings. The summed E-state index contributed by atoms with van der Waals surface area (Å²) in [4.78, 5) is 15.5. The maximum atomic E-state index is 11.2. The maximum Gasteiger partial charge on any atom is 0.220 e. The van der Waals surface area contributed by atoms with Gasteiger partial charge in [-0.3, -0.25) is 9.79 Å². The Morgan fingerprint density at radius 1 is 1.32 bits per heavy atom. The highest BCUT2D eigenvalue weighted by atomic mass is 16.1. The normalized spacial score (nSPS) is 28.0. The summed E-state index contributed by atoms with van der Waals surface area (Å²) in [5.74, 6) is 1.68. The molecule has 1 saturated heterocycles. The van der Waals surface area contributed by atoms with Crippen molar-refractivity contribution in [3.05, 3.63) is 35.9 Å². The molecule has 1 aromatic rings. The molecule has 5 heteroatoms. The van der Waals surface area contributed by atoms with E-state index in [0.717, 1.165) is 18.8 Å². The second-order valence-corrected chi connectivity index (χ2v) is 6.19. The SMILES string of the molecule is CN=C(NC1CCC(=O)NC1)NC1CC1Cc1ccccc1. The molecular formula is C17H24N4O. The molecule has 0 radical (unpaired) electrons. The number of benzene rings is 1. The van der Waals surface area contributed by atoms with Crippen molar-refractivity contribution < 1.29 is 4.79 Å². The molecule has 3 atom stereocenters. The van der Waals surface area contributed by atoms with Crippen LogP contribution in [0.5, 0.6) is 0 Å². The standard InChI is InChI=1S/C17H24N4O/c1-18-17(20-14-7-8-16(22)19-11-14)21-15-10-13(15)9-12-5-3-2-4-6-12/h2-6,13-15H,7-11H2,1H3,(H,19,22)(H2,18,20,21). The van der Waals surface area contributed by atoms with Gasteiger partial charge in [-0.15, -0.1) is 0 Å². The molecular weight excluding hydrogens is 276 g/mol. The zero-order valence-electron chi connectivity index (χ0n) is 13.0. The number of guanidine groups is 1. The van der Waals surface area contributed by atoms with Crippen molar-refractivity contribution >= 4 is 11.9 Å². The molecule has 0 aromatic heterocycles. The lowest BCUT2D eigenvalue weighted by atomic mass is 10.1. The average Bonchev–Trinajstić information content (AvgIpc) is 3.27. The number of amides is 1. The fourth-order valence-electron chi connectivity index (χ4n) is 2.96. The smallest absolute Gasteiger partial charge is 0.220 e. The second kappa shape index (κ2) is 6.81. The first-order valence-electron chi connectivity index (χ1n) is 8.05. The number of nitrogens with zero attached hydrogens (tertiary/aromatic N) is 1. The lowest BCUT2D eigenvalue weighted by Crippen LogP contribution is -2.51. The third kappa shape index (κ3) is 4.00. The summed E-state index contributed by atoms with van der Waals surface area (Å²) in [5, 5.41) is 9.79. The number of nitrogens with one attached hydrogen (secondary N) is 3. The van der Waals surface area contributed by atoms with Gasteiger partial charge in [0.2, 0.25) is 5.91 Å². The fourth-order valence-corrected chi connectivity index (χ4v) is 2.96. The molecule has 1 aliphatic carbocycles. The Labute approximate surface area is 131 Å². The molecule has 1 amide bonds. The molecule has 0 bridgehead atoms. The number of aliphatic imine (C=N–C) groups is 1. The summed E-state index contributed by atoms with van der Waals surface area (Å²) in [6.45, 7) is 0.678. The Bertz CT molecular complexity index is 533. The maximum absolute atomic E-state index is 11.2. The monoisotopic (exact) mass is 300 g/mol. The lowest BCUT2D eigenvalue weighted by molar-refractivity contribution is -0.122. The summed E-state index contributed by atoms with van der Waals surface area (Å²) in [6.07, 6.45) is 3.77. The molecule has 1 aromatic carbocycles. The molecule has 22 heavy (non-hydrogen) atoms. The minimum atomic E-state index is 0.145. The van der Waals surface area contributed by atoms with Gasteiger partial charge < -0.3 is 16.0 Å². The van der Waals surface area contributed by atoms with Gasteiger partial charge in [0.05, 0.1) is 0 Å². The van der Waals surface area contributed by atoms with Gasteiger partial charge in [-0.1, -0.05) is 30.3 Å². The number of carbonyl (C=O) groups is 1. The Morgan fingerprint density at radius 2 is 2.14 bits per heavy atom. The van der Waals surface area contributed by atoms with Gasteiger partial charge in [0.25, 0.3) is 0 Å². The van der Waals surface area contributed by atoms with E-state index in [1.807, 2.05) is 0 Å². The van der Waals surface area contributed by atoms with E-state index < -0.39 is 0 Å². The first kappa shape index (κ1) is 14.9. The van der Waals surface area contributed by atoms with Crippen LogP contribution in [0.25, 0.3) is 0 Å². The van der Waals surface area contributed by atoms with Crippen molar-refractivity contribution in [1.29, 1.82) is 0 Å². The summed E-state index contributed by atoms with van der Waals surface area (Å²) in [7, 11) is 1.80. The van der Waals surface area contributed by atoms with Crippen molar-refractivity contribution in [3.63, 3.8) is 0 Å². The van der Waals surface area contributed by atoms with Crippen LogP contribution >= 0.6 is 0 Å². The van der Waals surface area contributed by atoms with Gasteiger partial charge in [0.1, 0.15) is 0 Å². The van der Waals surface area contributed by atoms with Gasteiger partial charge in [-0.2, -0.15) is 0 Å². The Hall–Kier alpha value is -2.04. The van der Waals surface area contributed by atoms with Crippen molar-refractivity contribution in [1.82, 2.24) is 16.0 Å². The van der Waals surface area contributed by atoms with E-state index in [4.69, 9.17) is 0 Å². The zero-order chi connectivity index (χ0) is 15.4. The van der Waals surface area contributed by atoms with Gasteiger partial charge in [-0.25, -0.2) is 0 Å². The highest BCUT2D eigenvalue weighted by Crippen LogP contribution is 2.33. The van der Waals surface area contributed by atoms with Crippen LogP contribution in [0.4, 0.5) is 0 Å². The topological polar surface area (TPSA) is 65.5 Å². The predicted molar refractivity (Wildman–Crippen MR) is 87.7 cm³/mol. The summed E-state index contributed by atoms with van der Waals surface area (Å²) >= 11 is 0. The van der Waals surface area contributed by atoms with Gasteiger partial charge in [0.15, 0.2) is 5.96 Å². The Balaban J connectivity index is 1.43. The summed E-state index contributed by atoms with van der Waals surface area (Å²) in [5.41, 5.74) is 1.40. The van der Waals surface area contributed by atoms with Crippen molar-refractivity contribution in [2.75, 3.05) is 13.6 Å². The number of piperidine rings is 1. The quantitative estimate of drug-likeness (QED) is 0.575. The highest BCUT2D eigenvalue weighted by Gasteiger charge is 2.37. The van der Waals surface area contributed by atoms with E-state index in [9.17, 15) is 4.79 Å². The minimum Gasteiger partial charge on any atom is -0.354 e. The number of hydrogen-bond donors (Lipinski definition) is 3. The van der Waals surface area contributed by atoms with E-state index >= 15 is 0 Å². The molecule has 5 nitrogen and oxygen atoms in total. The first-order chi connectivity index (χ1) is 10.7. The van der Waals surface area contributed by atoms with Crippen LogP contribution in [-0.2, 0) is 11.2 Å². The fraction of sp³-hybridized carbons (Fsp3) is 0.529. The molecule has 1 heterocycles. The van der Waals surface area contributed by atoms with Crippen LogP contribution in [0.2, 0.25) is 0 Å². The van der Waals surface area contributed by atoms with E-state index in [0.29, 0.717) is 24.9 Å². The van der Waals surface area contributed by atoms with Crippen LogP contribution in [0.1, 0.15) is 24.8 Å². The molecule has 1 aliphatic heterocycles. The van der Waals surface area contributed by atoms with Gasteiger partial charge in [-0.05, 0) is 30.7 Å². The van der Waals surface area contributed by atoms with E-state index in [1.165, 1.54) is 12.0 Å². The average molecular weight is 300 g/mol. The molecule has 1 saturated carbocycles. The molecule has 0 spiro atoms. The van der Waals surface area contributed by atoms with Crippen LogP contribution in [0.15, 0.2) is 35.3 Å². The van der Waals surface area contributed by atoms with E-state index in [2.05, 4.69) is 51.3 Å². The molecule has 3 N–H and O–H groups in total. The third-order valence-electron chi connectivity index (χ3n) is 4.42. The number of hydrogen-bond acceptors (Lipinski definition) is 2. The third-order valence-corrected chi connectivity index (χ3v) is 4.42. The lowest BCUT2D eigenvalue weighted by Gasteiger charge is -2.25. The van der Waals surface area contributed by atoms with Crippen LogP contribution in [-0.4, -0.2) is 37.5 Å². The first-order valence-corrected chi connectivity index (χ1v) is 8.05. The minimum absolute atomic E-state index is 0.145. The second-order valence-electron chi connectivity index (χ2n) is 6.19. The van der Waals surface area contributed by atoms with Crippen LogP contribution < -0.4 is 16.0 Å². The van der Waals surface area contributed by atoms with E-state index in [1.54, 1.807) is 7.05 Å². The summed E-state index contributed by atoms with van der Waals surface area (Å²) in [6, 6.07) is 11.4. The van der Waals surface area contributed by atoms with Crippen LogP contribution in [0.3, 0.4) is 0 Å². The summed E-state index contributed by atoms with van der Waals surface area (Å²) < 4.78 is 0. The number of carbonyl (C=O) groups excluding carboxylic acids is 1. The van der Waals surface area contributed by atoms with Gasteiger partial charge in [0, 0.05) is 32.1 Å². The largest absolute Gasteiger partial charge is 0.354 e. The van der Waals surface area contributed by atoms with E-state index in [-0.39, 0.29) is 11.9 Å². The molecule has 3 rings (SSSR count). The van der Waals surface area contributed by atoms with Crippen molar-refractivity contribution in [3.8, 4) is 0 Å². The van der Waals surface area contributed by atoms with Crippen molar-refractivity contribution in [2.24, 2.45) is 10.9 Å². The Morgan fingerprint density at radius 3 is 2.82 bits per heavy atom. The van der Waals surface area contributed by atoms with Gasteiger partial charge >= 0.3 is 0 Å². The molecule has 118 valence electrons. The van der Waals surface area contributed by atoms with Crippen molar-refractivity contribution in [2.45, 2.75) is 37.8 Å². The number of rotatable bonds is 4.